The van der Waals surface area contributed by atoms with Gasteiger partial charge < -0.3 is 10.4 Å². The molecule has 124 valence electrons. The molecular weight excluding hydrogens is 323 g/mol. The van der Waals surface area contributed by atoms with Crippen molar-refractivity contribution in [1.82, 2.24) is 20.3 Å². The first-order valence-electron chi connectivity index (χ1n) is 7.20. The third kappa shape index (κ3) is 4.27. The van der Waals surface area contributed by atoms with E-state index >= 15 is 0 Å². The summed E-state index contributed by atoms with van der Waals surface area (Å²) in [6.07, 6.45) is 1.95. The molecule has 0 spiro atoms. The highest BCUT2D eigenvalue weighted by Crippen LogP contribution is 2.20. The number of aromatic nitrogens is 3. The molecule has 1 amide bonds. The Bertz CT molecular complexity index is 690. The minimum Gasteiger partial charge on any atom is -0.394 e. The molecule has 23 heavy (non-hydrogen) atoms. The largest absolute Gasteiger partial charge is 0.394 e. The molecule has 8 heteroatoms. The number of aliphatic hydroxyl groups is 1. The lowest BCUT2D eigenvalue weighted by Crippen LogP contribution is -2.38. The van der Waals surface area contributed by atoms with Crippen LogP contribution in [0.25, 0.3) is 5.69 Å². The number of amides is 1. The van der Waals surface area contributed by atoms with Gasteiger partial charge in [0.2, 0.25) is 0 Å². The van der Waals surface area contributed by atoms with Crippen LogP contribution in [-0.4, -0.2) is 38.7 Å². The average molecular weight is 341 g/mol. The van der Waals surface area contributed by atoms with Gasteiger partial charge in [0, 0.05) is 0 Å². The van der Waals surface area contributed by atoms with Crippen molar-refractivity contribution in [3.8, 4) is 5.69 Å². The fraction of sp³-hybridized carbons (Fsp3) is 0.400. The average Bonchev–Trinajstić information content (AvgIpc) is 2.98. The van der Waals surface area contributed by atoms with Gasteiger partial charge in [-0.05, 0) is 24.5 Å². The van der Waals surface area contributed by atoms with Gasteiger partial charge in [0.1, 0.15) is 5.69 Å². The van der Waals surface area contributed by atoms with Crippen molar-refractivity contribution in [2.45, 2.75) is 26.3 Å². The summed E-state index contributed by atoms with van der Waals surface area (Å²) < 4.78 is 15.1. The molecule has 0 saturated heterocycles. The van der Waals surface area contributed by atoms with Crippen molar-refractivity contribution >= 4 is 17.5 Å². The predicted octanol–water partition coefficient (Wildman–Crippen LogP) is 2.20. The molecule has 0 aliphatic rings. The second kappa shape index (κ2) is 7.52. The van der Waals surface area contributed by atoms with E-state index in [0.717, 1.165) is 4.68 Å². The van der Waals surface area contributed by atoms with Gasteiger partial charge in [0.15, 0.2) is 11.5 Å². The fourth-order valence-corrected chi connectivity index (χ4v) is 2.33. The van der Waals surface area contributed by atoms with Crippen LogP contribution in [0.3, 0.4) is 0 Å². The van der Waals surface area contributed by atoms with Crippen LogP contribution in [0.15, 0.2) is 24.4 Å². The molecule has 2 N–H and O–H groups in total. The van der Waals surface area contributed by atoms with E-state index in [1.165, 1.54) is 18.3 Å². The summed E-state index contributed by atoms with van der Waals surface area (Å²) >= 11 is 5.73. The molecule has 1 heterocycles. The van der Waals surface area contributed by atoms with Crippen LogP contribution in [0, 0.1) is 11.7 Å². The van der Waals surface area contributed by atoms with Gasteiger partial charge in [0.05, 0.1) is 23.9 Å². The zero-order valence-electron chi connectivity index (χ0n) is 12.8. The lowest BCUT2D eigenvalue weighted by atomic mass is 10.0. The van der Waals surface area contributed by atoms with Crippen molar-refractivity contribution in [3.05, 3.63) is 40.9 Å². The highest BCUT2D eigenvalue weighted by atomic mass is 35.5. The van der Waals surface area contributed by atoms with Crippen LogP contribution in [0.1, 0.15) is 30.8 Å². The monoisotopic (exact) mass is 340 g/mol. The Balaban J connectivity index is 2.15. The Kier molecular flexibility index (Phi) is 5.68. The molecule has 2 aromatic rings. The molecule has 0 aliphatic heterocycles. The first-order chi connectivity index (χ1) is 10.9. The summed E-state index contributed by atoms with van der Waals surface area (Å²) in [6.45, 7) is 3.82. The van der Waals surface area contributed by atoms with E-state index < -0.39 is 11.7 Å². The van der Waals surface area contributed by atoms with Crippen molar-refractivity contribution < 1.29 is 14.3 Å². The van der Waals surface area contributed by atoms with E-state index in [9.17, 15) is 14.3 Å². The van der Waals surface area contributed by atoms with E-state index in [-0.39, 0.29) is 29.1 Å². The van der Waals surface area contributed by atoms with Crippen LogP contribution in [0.2, 0.25) is 5.02 Å². The SMILES string of the molecule is CC(C)CC(CO)NC(=O)c1cn(-c2cccc(Cl)c2F)nn1. The molecule has 1 aromatic heterocycles. The summed E-state index contributed by atoms with van der Waals surface area (Å²) in [5, 5.41) is 19.4. The fourth-order valence-electron chi connectivity index (χ4n) is 2.16. The van der Waals surface area contributed by atoms with Crippen molar-refractivity contribution in [2.75, 3.05) is 6.61 Å². The van der Waals surface area contributed by atoms with Crippen LogP contribution in [-0.2, 0) is 0 Å². The third-order valence-corrected chi connectivity index (χ3v) is 3.51. The summed E-state index contributed by atoms with van der Waals surface area (Å²) in [6, 6.07) is 4.11. The first-order valence-corrected chi connectivity index (χ1v) is 7.58. The topological polar surface area (TPSA) is 80.0 Å². The molecular formula is C15H18ClFN4O2. The molecule has 6 nitrogen and oxygen atoms in total. The molecule has 0 aliphatic carbocycles. The number of hydrogen-bond acceptors (Lipinski definition) is 4. The Morgan fingerprint density at radius 3 is 2.87 bits per heavy atom. The Morgan fingerprint density at radius 1 is 1.48 bits per heavy atom. The van der Waals surface area contributed by atoms with E-state index in [1.54, 1.807) is 6.07 Å². The van der Waals surface area contributed by atoms with Crippen molar-refractivity contribution in [1.29, 1.82) is 0 Å². The summed E-state index contributed by atoms with van der Waals surface area (Å²) in [5.74, 6) is -0.791. The number of aliphatic hydroxyl groups excluding tert-OH is 1. The number of halogens is 2. The number of rotatable bonds is 6. The second-order valence-corrected chi connectivity index (χ2v) is 6.01. The molecule has 0 saturated carbocycles. The minimum atomic E-state index is -0.640. The highest BCUT2D eigenvalue weighted by molar-refractivity contribution is 6.30. The van der Waals surface area contributed by atoms with Gasteiger partial charge in [-0.25, -0.2) is 9.07 Å². The van der Waals surface area contributed by atoms with Gasteiger partial charge in [-0.2, -0.15) is 0 Å². The smallest absolute Gasteiger partial charge is 0.273 e. The molecule has 1 aromatic carbocycles. The molecule has 0 radical (unpaired) electrons. The normalized spacial score (nSPS) is 12.4. The quantitative estimate of drug-likeness (QED) is 0.844. The third-order valence-electron chi connectivity index (χ3n) is 3.22. The van der Waals surface area contributed by atoms with E-state index in [4.69, 9.17) is 11.6 Å². The van der Waals surface area contributed by atoms with Gasteiger partial charge in [-0.1, -0.05) is 36.7 Å². The first kappa shape index (κ1) is 17.4. The maximum absolute atomic E-state index is 14.0. The Hall–Kier alpha value is -1.99. The number of nitrogens with one attached hydrogen (secondary N) is 1. The van der Waals surface area contributed by atoms with Crippen molar-refractivity contribution in [3.63, 3.8) is 0 Å². The van der Waals surface area contributed by atoms with Gasteiger partial charge in [0.25, 0.3) is 5.91 Å². The number of hydrogen-bond donors (Lipinski definition) is 2. The lowest BCUT2D eigenvalue weighted by Gasteiger charge is -2.17. The second-order valence-electron chi connectivity index (χ2n) is 5.60. The van der Waals surface area contributed by atoms with Crippen LogP contribution in [0.5, 0.6) is 0 Å². The maximum atomic E-state index is 14.0. The zero-order chi connectivity index (χ0) is 17.0. The van der Waals surface area contributed by atoms with Crippen LogP contribution in [0.4, 0.5) is 4.39 Å². The zero-order valence-corrected chi connectivity index (χ0v) is 13.6. The maximum Gasteiger partial charge on any atom is 0.273 e. The molecule has 1 atom stereocenters. The number of benzene rings is 1. The molecule has 1 unspecified atom stereocenters. The van der Waals surface area contributed by atoms with Gasteiger partial charge >= 0.3 is 0 Å². The number of carbonyl (C=O) groups excluding carboxylic acids is 1. The predicted molar refractivity (Wildman–Crippen MR) is 84.1 cm³/mol. The van der Waals surface area contributed by atoms with Crippen molar-refractivity contribution in [2.24, 2.45) is 5.92 Å². The summed E-state index contributed by atoms with van der Waals surface area (Å²) in [7, 11) is 0. The van der Waals surface area contributed by atoms with Crippen LogP contribution >= 0.6 is 11.6 Å². The van der Waals surface area contributed by atoms with E-state index in [0.29, 0.717) is 12.3 Å². The molecule has 0 bridgehead atoms. The minimum absolute atomic E-state index is 0.0339. The molecule has 0 fully saturated rings. The van der Waals surface area contributed by atoms with Gasteiger partial charge in [-0.15, -0.1) is 5.10 Å². The number of nitrogens with zero attached hydrogens (tertiary/aromatic N) is 3. The summed E-state index contributed by atoms with van der Waals surface area (Å²) in [5.41, 5.74) is 0.136. The summed E-state index contributed by atoms with van der Waals surface area (Å²) in [4.78, 5) is 12.1. The van der Waals surface area contributed by atoms with E-state index in [2.05, 4.69) is 15.6 Å². The number of carbonyl (C=O) groups is 1. The van der Waals surface area contributed by atoms with E-state index in [1.807, 2.05) is 13.8 Å². The van der Waals surface area contributed by atoms with Crippen LogP contribution < -0.4 is 5.32 Å². The van der Waals surface area contributed by atoms with Gasteiger partial charge in [-0.3, -0.25) is 4.79 Å². The Morgan fingerprint density at radius 2 is 2.22 bits per heavy atom. The Labute approximate surface area is 138 Å². The standard InChI is InChI=1S/C15H18ClFN4O2/c1-9(2)6-10(8-22)18-15(23)12-7-21(20-19-12)13-5-3-4-11(16)14(13)17/h3-5,7,9-10,22H,6,8H2,1-2H3,(H,18,23). The molecule has 2 rings (SSSR count). The lowest BCUT2D eigenvalue weighted by molar-refractivity contribution is 0.0903. The highest BCUT2D eigenvalue weighted by Gasteiger charge is 2.18.